The molecule has 27 heavy (non-hydrogen) atoms. The maximum atomic E-state index is 13.2. The number of hydrogen-bond acceptors (Lipinski definition) is 3. The van der Waals surface area contributed by atoms with Crippen molar-refractivity contribution in [3.63, 3.8) is 0 Å². The minimum Gasteiger partial charge on any atom is -0.481 e. The highest BCUT2D eigenvalue weighted by Crippen LogP contribution is 2.26. The van der Waals surface area contributed by atoms with Crippen molar-refractivity contribution in [2.45, 2.75) is 37.8 Å². The van der Waals surface area contributed by atoms with Crippen LogP contribution < -0.4 is 0 Å². The third-order valence-corrected chi connectivity index (χ3v) is 5.15. The maximum absolute atomic E-state index is 13.2. The number of carboxylic acids is 1. The van der Waals surface area contributed by atoms with Gasteiger partial charge in [0.25, 0.3) is 5.91 Å². The Kier molecular flexibility index (Phi) is 6.24. The molecule has 2 unspecified atom stereocenters. The Hall–Kier alpha value is -2.66. The summed E-state index contributed by atoms with van der Waals surface area (Å²) >= 11 is 0. The summed E-state index contributed by atoms with van der Waals surface area (Å²) in [5.74, 6) is -1.00. The fraction of sp³-hybridized carbons (Fsp3) is 0.364. The maximum Gasteiger partial charge on any atom is 0.305 e. The molecule has 5 nitrogen and oxygen atoms in total. The van der Waals surface area contributed by atoms with Crippen LogP contribution in [0.5, 0.6) is 0 Å². The number of likely N-dealkylation sites (tertiary alicyclic amines) is 1. The van der Waals surface area contributed by atoms with Gasteiger partial charge in [0.2, 0.25) is 0 Å². The Morgan fingerprint density at radius 1 is 1.07 bits per heavy atom. The van der Waals surface area contributed by atoms with Crippen molar-refractivity contribution in [2.24, 2.45) is 0 Å². The van der Waals surface area contributed by atoms with E-state index in [4.69, 9.17) is 4.74 Å². The third-order valence-electron chi connectivity index (χ3n) is 5.15. The topological polar surface area (TPSA) is 66.8 Å². The highest BCUT2D eigenvalue weighted by Gasteiger charge is 2.37. The van der Waals surface area contributed by atoms with Crippen LogP contribution in [0.25, 0.3) is 0 Å². The zero-order valence-corrected chi connectivity index (χ0v) is 15.5. The zero-order chi connectivity index (χ0) is 19.2. The predicted molar refractivity (Wildman–Crippen MR) is 103 cm³/mol. The smallest absolute Gasteiger partial charge is 0.305 e. The number of amides is 1. The minimum atomic E-state index is -0.896. The second-order valence-corrected chi connectivity index (χ2v) is 6.95. The molecule has 0 aromatic heterocycles. The number of aryl methyl sites for hydroxylation is 2. The second kappa shape index (κ2) is 8.82. The van der Waals surface area contributed by atoms with E-state index >= 15 is 0 Å². The van der Waals surface area contributed by atoms with E-state index in [-0.39, 0.29) is 24.5 Å². The summed E-state index contributed by atoms with van der Waals surface area (Å²) in [7, 11) is 1.60. The van der Waals surface area contributed by atoms with Crippen molar-refractivity contribution in [3.8, 4) is 0 Å². The van der Waals surface area contributed by atoms with Gasteiger partial charge in [-0.25, -0.2) is 0 Å². The first-order chi connectivity index (χ1) is 13.1. The van der Waals surface area contributed by atoms with Crippen molar-refractivity contribution >= 4 is 11.9 Å². The van der Waals surface area contributed by atoms with Crippen molar-refractivity contribution in [1.82, 2.24) is 4.90 Å². The average Bonchev–Trinajstić information content (AvgIpc) is 3.09. The molecule has 142 valence electrons. The first-order valence-electron chi connectivity index (χ1n) is 9.26. The molecule has 0 radical (unpaired) electrons. The summed E-state index contributed by atoms with van der Waals surface area (Å²) in [6, 6.07) is 17.4. The van der Waals surface area contributed by atoms with E-state index in [0.29, 0.717) is 18.5 Å². The largest absolute Gasteiger partial charge is 0.481 e. The lowest BCUT2D eigenvalue weighted by atomic mass is 9.98. The summed E-state index contributed by atoms with van der Waals surface area (Å²) < 4.78 is 5.39. The van der Waals surface area contributed by atoms with E-state index in [2.05, 4.69) is 12.1 Å². The van der Waals surface area contributed by atoms with Crippen molar-refractivity contribution in [2.75, 3.05) is 13.7 Å². The molecule has 1 fully saturated rings. The van der Waals surface area contributed by atoms with Crippen LogP contribution in [0.2, 0.25) is 0 Å². The Bertz CT molecular complexity index is 790. The Morgan fingerprint density at radius 3 is 2.48 bits per heavy atom. The van der Waals surface area contributed by atoms with Crippen LogP contribution in [0.15, 0.2) is 54.6 Å². The van der Waals surface area contributed by atoms with Gasteiger partial charge < -0.3 is 14.7 Å². The summed E-state index contributed by atoms with van der Waals surface area (Å²) in [5.41, 5.74) is 2.87. The Balaban J connectivity index is 1.78. The molecule has 0 saturated carbocycles. The number of benzene rings is 2. The molecule has 5 heteroatoms. The molecule has 1 N–H and O–H groups in total. The lowest BCUT2D eigenvalue weighted by Crippen LogP contribution is -2.37. The number of rotatable bonds is 7. The van der Waals surface area contributed by atoms with Gasteiger partial charge in [0.15, 0.2) is 0 Å². The van der Waals surface area contributed by atoms with Crippen molar-refractivity contribution < 1.29 is 19.4 Å². The number of carbonyl (C=O) groups is 2. The Labute approximate surface area is 159 Å². The van der Waals surface area contributed by atoms with Gasteiger partial charge in [0.05, 0.1) is 12.5 Å². The monoisotopic (exact) mass is 367 g/mol. The highest BCUT2D eigenvalue weighted by atomic mass is 16.5. The summed E-state index contributed by atoms with van der Waals surface area (Å²) in [6.45, 7) is 0.431. The molecule has 0 bridgehead atoms. The molecule has 0 aliphatic carbocycles. The van der Waals surface area contributed by atoms with E-state index < -0.39 is 5.97 Å². The summed E-state index contributed by atoms with van der Waals surface area (Å²) in [6.07, 6.45) is 2.00. The molecule has 1 aliphatic heterocycles. The number of carbonyl (C=O) groups excluding carboxylic acids is 1. The van der Waals surface area contributed by atoms with Crippen LogP contribution in [-0.4, -0.2) is 47.7 Å². The fourth-order valence-electron chi connectivity index (χ4n) is 3.71. The minimum absolute atomic E-state index is 0.0578. The molecule has 1 amide bonds. The van der Waals surface area contributed by atoms with Gasteiger partial charge in [0.1, 0.15) is 0 Å². The van der Waals surface area contributed by atoms with E-state index in [9.17, 15) is 14.7 Å². The first-order valence-corrected chi connectivity index (χ1v) is 9.26. The van der Waals surface area contributed by atoms with Crippen LogP contribution in [0.4, 0.5) is 0 Å². The number of nitrogens with zero attached hydrogens (tertiary/aromatic N) is 1. The average molecular weight is 367 g/mol. The molecule has 2 aromatic carbocycles. The van der Waals surface area contributed by atoms with E-state index in [1.165, 1.54) is 5.56 Å². The quantitative estimate of drug-likeness (QED) is 0.816. The molecule has 2 aromatic rings. The number of aliphatic carboxylic acids is 1. The molecule has 1 aliphatic rings. The second-order valence-electron chi connectivity index (χ2n) is 6.95. The number of methoxy groups -OCH3 is 1. The van der Waals surface area contributed by atoms with Crippen LogP contribution in [0, 0.1) is 0 Å². The van der Waals surface area contributed by atoms with Gasteiger partial charge in [-0.05, 0) is 36.5 Å². The number of ether oxygens (including phenoxy) is 1. The molecule has 1 heterocycles. The standard InChI is InChI=1S/C22H25NO4/c1-27-19-13-18(14-21(24)25)23(15-19)22(26)20-10-6-5-9-17(20)12-11-16-7-3-2-4-8-16/h2-10,18-19H,11-15H2,1H3,(H,24,25). The summed E-state index contributed by atoms with van der Waals surface area (Å²) in [5, 5.41) is 9.19. The molecule has 0 spiro atoms. The fourth-order valence-corrected chi connectivity index (χ4v) is 3.71. The molecule has 1 saturated heterocycles. The SMILES string of the molecule is COC1CC(CC(=O)O)N(C(=O)c2ccccc2CCc2ccccc2)C1. The zero-order valence-electron chi connectivity index (χ0n) is 15.5. The van der Waals surface area contributed by atoms with Crippen LogP contribution in [0.1, 0.15) is 34.3 Å². The molecule has 3 rings (SSSR count). The van der Waals surface area contributed by atoms with Crippen molar-refractivity contribution in [1.29, 1.82) is 0 Å². The van der Waals surface area contributed by atoms with Crippen LogP contribution in [-0.2, 0) is 22.4 Å². The molecular formula is C22H25NO4. The van der Waals surface area contributed by atoms with E-state index in [0.717, 1.165) is 18.4 Å². The molecule has 2 atom stereocenters. The lowest BCUT2D eigenvalue weighted by molar-refractivity contribution is -0.137. The number of hydrogen-bond donors (Lipinski definition) is 1. The highest BCUT2D eigenvalue weighted by molar-refractivity contribution is 5.96. The van der Waals surface area contributed by atoms with Gasteiger partial charge in [-0.15, -0.1) is 0 Å². The van der Waals surface area contributed by atoms with Crippen molar-refractivity contribution in [3.05, 3.63) is 71.3 Å². The first kappa shape index (κ1) is 19.1. The van der Waals surface area contributed by atoms with Gasteiger partial charge in [-0.1, -0.05) is 48.5 Å². The van der Waals surface area contributed by atoms with Gasteiger partial charge in [0, 0.05) is 25.3 Å². The van der Waals surface area contributed by atoms with Gasteiger partial charge in [-0.2, -0.15) is 0 Å². The van der Waals surface area contributed by atoms with Crippen LogP contribution >= 0.6 is 0 Å². The summed E-state index contributed by atoms with van der Waals surface area (Å²) in [4.78, 5) is 26.1. The Morgan fingerprint density at radius 2 is 1.78 bits per heavy atom. The van der Waals surface area contributed by atoms with Gasteiger partial charge in [-0.3, -0.25) is 9.59 Å². The van der Waals surface area contributed by atoms with Gasteiger partial charge >= 0.3 is 5.97 Å². The molecular weight excluding hydrogens is 342 g/mol. The number of carboxylic acid groups (broad SMARTS) is 1. The predicted octanol–water partition coefficient (Wildman–Crippen LogP) is 3.18. The van der Waals surface area contributed by atoms with E-state index in [1.54, 1.807) is 12.0 Å². The normalized spacial score (nSPS) is 19.2. The third kappa shape index (κ3) is 4.74. The lowest BCUT2D eigenvalue weighted by Gasteiger charge is -2.24. The van der Waals surface area contributed by atoms with Crippen LogP contribution in [0.3, 0.4) is 0 Å². The van der Waals surface area contributed by atoms with E-state index in [1.807, 2.05) is 42.5 Å².